The van der Waals surface area contributed by atoms with Crippen LogP contribution in [0.2, 0.25) is 0 Å². The second kappa shape index (κ2) is 12.9. The predicted molar refractivity (Wildman–Crippen MR) is 167 cm³/mol. The lowest BCUT2D eigenvalue weighted by atomic mass is 9.93. The molecule has 1 amide bonds. The topological polar surface area (TPSA) is 106 Å². The second-order valence-corrected chi connectivity index (χ2v) is 12.6. The molecule has 1 fully saturated rings. The van der Waals surface area contributed by atoms with Crippen molar-refractivity contribution >= 4 is 38.2 Å². The average Bonchev–Trinajstić information content (AvgIpc) is 3.40. The smallest absolute Gasteiger partial charge is 0.262 e. The Morgan fingerprint density at radius 3 is 2.45 bits per heavy atom. The number of carbonyl (C=O) groups is 1. The zero-order valence-electron chi connectivity index (χ0n) is 24.5. The van der Waals surface area contributed by atoms with Gasteiger partial charge in [-0.25, -0.2) is 8.42 Å². The molecule has 3 heterocycles. The molecule has 42 heavy (non-hydrogen) atoms. The summed E-state index contributed by atoms with van der Waals surface area (Å²) in [7, 11) is -2.30. The first-order chi connectivity index (χ1) is 20.2. The maximum absolute atomic E-state index is 13.5. The van der Waals surface area contributed by atoms with Gasteiger partial charge in [-0.2, -0.15) is 0 Å². The molecule has 0 saturated carbocycles. The van der Waals surface area contributed by atoms with Gasteiger partial charge in [0, 0.05) is 62.3 Å². The van der Waals surface area contributed by atoms with Crippen molar-refractivity contribution in [2.75, 3.05) is 36.4 Å². The minimum Gasteiger partial charge on any atom is -0.497 e. The van der Waals surface area contributed by atoms with Gasteiger partial charge < -0.3 is 19.5 Å². The van der Waals surface area contributed by atoms with E-state index in [1.807, 2.05) is 41.4 Å². The van der Waals surface area contributed by atoms with Gasteiger partial charge in [0.05, 0.1) is 23.2 Å². The molecule has 0 aliphatic carbocycles. The molecule has 1 saturated heterocycles. The lowest BCUT2D eigenvalue weighted by Gasteiger charge is -2.33. The van der Waals surface area contributed by atoms with Crippen LogP contribution >= 0.6 is 0 Å². The minimum atomic E-state index is -3.86. The van der Waals surface area contributed by atoms with E-state index >= 15 is 0 Å². The SMILES string of the molecule is COc1cc(C)c(S(=O)(=O)Nc2cccc3ccn(CCC(=O)NCCC4CCN(c5ccncc5)CC4)c23)c(C)c1. The van der Waals surface area contributed by atoms with Crippen LogP contribution in [0.1, 0.15) is 36.8 Å². The number of anilines is 2. The van der Waals surface area contributed by atoms with Gasteiger partial charge in [0.2, 0.25) is 5.91 Å². The third kappa shape index (κ3) is 6.70. The van der Waals surface area contributed by atoms with Crippen LogP contribution in [-0.4, -0.2) is 50.6 Å². The van der Waals surface area contributed by atoms with Gasteiger partial charge in [0.1, 0.15) is 5.75 Å². The van der Waals surface area contributed by atoms with E-state index in [-0.39, 0.29) is 10.8 Å². The molecule has 222 valence electrons. The summed E-state index contributed by atoms with van der Waals surface area (Å²) in [5.41, 5.74) is 3.66. The molecule has 0 radical (unpaired) electrons. The summed E-state index contributed by atoms with van der Waals surface area (Å²) in [6.07, 6.45) is 9.06. The van der Waals surface area contributed by atoms with Gasteiger partial charge in [-0.05, 0) is 86.6 Å². The number of nitrogens with one attached hydrogen (secondary N) is 2. The lowest BCUT2D eigenvalue weighted by molar-refractivity contribution is -0.121. The molecule has 1 aliphatic rings. The van der Waals surface area contributed by atoms with Crippen molar-refractivity contribution in [3.8, 4) is 5.75 Å². The van der Waals surface area contributed by atoms with Crippen molar-refractivity contribution < 1.29 is 17.9 Å². The monoisotopic (exact) mass is 589 g/mol. The number of piperidine rings is 1. The largest absolute Gasteiger partial charge is 0.497 e. The van der Waals surface area contributed by atoms with Gasteiger partial charge in [-0.1, -0.05) is 12.1 Å². The van der Waals surface area contributed by atoms with E-state index in [0.29, 0.717) is 48.0 Å². The molecule has 2 aromatic heterocycles. The molecule has 5 rings (SSSR count). The molecule has 2 aromatic carbocycles. The average molecular weight is 590 g/mol. The summed E-state index contributed by atoms with van der Waals surface area (Å²) < 4.78 is 37.0. The van der Waals surface area contributed by atoms with Crippen LogP contribution in [0, 0.1) is 19.8 Å². The quantitative estimate of drug-likeness (QED) is 0.247. The molecule has 0 bridgehead atoms. The van der Waals surface area contributed by atoms with Crippen LogP contribution in [0.15, 0.2) is 72.0 Å². The summed E-state index contributed by atoms with van der Waals surface area (Å²) in [5, 5.41) is 3.98. The zero-order chi connectivity index (χ0) is 29.7. The molecular formula is C32H39N5O4S. The molecule has 2 N–H and O–H groups in total. The van der Waals surface area contributed by atoms with E-state index in [0.717, 1.165) is 43.3 Å². The number of benzene rings is 2. The van der Waals surface area contributed by atoms with Crippen molar-refractivity contribution in [1.29, 1.82) is 0 Å². The van der Waals surface area contributed by atoms with Crippen LogP contribution < -0.4 is 19.7 Å². The summed E-state index contributed by atoms with van der Waals surface area (Å²) in [6, 6.07) is 15.0. The Labute approximate surface area is 247 Å². The van der Waals surface area contributed by atoms with E-state index in [9.17, 15) is 13.2 Å². The molecule has 10 heteroatoms. The van der Waals surface area contributed by atoms with E-state index in [2.05, 4.69) is 32.1 Å². The van der Waals surface area contributed by atoms with Gasteiger partial charge in [-0.3, -0.25) is 14.5 Å². The summed E-state index contributed by atoms with van der Waals surface area (Å²) in [4.78, 5) is 19.4. The van der Waals surface area contributed by atoms with Gasteiger partial charge in [0.25, 0.3) is 10.0 Å². The van der Waals surface area contributed by atoms with E-state index in [4.69, 9.17) is 4.74 Å². The fourth-order valence-corrected chi connectivity index (χ4v) is 7.46. The standard InChI is InChI=1S/C32H39N5O4S/c1-23-21-28(41-3)22-24(2)32(23)42(39,40)35-29-6-4-5-26-12-19-37(31(26)29)20-13-30(38)34-16-7-25-10-17-36(18-11-25)27-8-14-33-15-9-27/h4-6,8-9,12,14-15,19,21-22,25,35H,7,10-11,13,16-18,20H2,1-3H3,(H,34,38). The molecule has 0 spiro atoms. The van der Waals surface area contributed by atoms with E-state index in [1.165, 1.54) is 5.69 Å². The number of fused-ring (bicyclic) bond motifs is 1. The van der Waals surface area contributed by atoms with Crippen molar-refractivity contribution in [2.24, 2.45) is 5.92 Å². The summed E-state index contributed by atoms with van der Waals surface area (Å²) in [5.74, 6) is 1.21. The van der Waals surface area contributed by atoms with Crippen LogP contribution in [0.4, 0.5) is 11.4 Å². The number of amides is 1. The highest BCUT2D eigenvalue weighted by atomic mass is 32.2. The van der Waals surface area contributed by atoms with Gasteiger partial charge in [-0.15, -0.1) is 0 Å². The number of pyridine rings is 1. The number of methoxy groups -OCH3 is 1. The Hall–Kier alpha value is -4.05. The van der Waals surface area contributed by atoms with E-state index in [1.54, 1.807) is 39.2 Å². The van der Waals surface area contributed by atoms with Crippen molar-refractivity contribution in [1.82, 2.24) is 14.9 Å². The Morgan fingerprint density at radius 1 is 1.05 bits per heavy atom. The van der Waals surface area contributed by atoms with Crippen molar-refractivity contribution in [3.63, 3.8) is 0 Å². The zero-order valence-corrected chi connectivity index (χ0v) is 25.3. The number of hydrogen-bond acceptors (Lipinski definition) is 6. The molecule has 4 aromatic rings. The van der Waals surface area contributed by atoms with Gasteiger partial charge in [0.15, 0.2) is 0 Å². The number of sulfonamides is 1. The molecule has 0 atom stereocenters. The predicted octanol–water partition coefficient (Wildman–Crippen LogP) is 5.28. The maximum Gasteiger partial charge on any atom is 0.262 e. The number of aromatic nitrogens is 2. The number of para-hydroxylation sites is 1. The number of rotatable bonds is 11. The van der Waals surface area contributed by atoms with Crippen LogP contribution in [0.5, 0.6) is 5.75 Å². The number of carbonyl (C=O) groups excluding carboxylic acids is 1. The first-order valence-corrected chi connectivity index (χ1v) is 15.9. The first kappa shape index (κ1) is 29.4. The Kier molecular flexibility index (Phi) is 9.01. The number of hydrogen-bond donors (Lipinski definition) is 2. The molecule has 1 aliphatic heterocycles. The number of nitrogens with zero attached hydrogens (tertiary/aromatic N) is 3. The third-order valence-electron chi connectivity index (χ3n) is 8.07. The van der Waals surface area contributed by atoms with Crippen molar-refractivity contribution in [3.05, 3.63) is 78.2 Å². The normalized spacial score (nSPS) is 14.2. The maximum atomic E-state index is 13.5. The summed E-state index contributed by atoms with van der Waals surface area (Å²) in [6.45, 7) is 6.67. The van der Waals surface area contributed by atoms with Crippen molar-refractivity contribution in [2.45, 2.75) is 51.0 Å². The number of aryl methyl sites for hydroxylation is 3. The first-order valence-electron chi connectivity index (χ1n) is 14.4. The Bertz CT molecular complexity index is 1620. The third-order valence-corrected chi connectivity index (χ3v) is 9.74. The highest BCUT2D eigenvalue weighted by molar-refractivity contribution is 7.92. The summed E-state index contributed by atoms with van der Waals surface area (Å²) >= 11 is 0. The Balaban J connectivity index is 1.17. The highest BCUT2D eigenvalue weighted by Gasteiger charge is 2.23. The second-order valence-electron chi connectivity index (χ2n) is 11.0. The Morgan fingerprint density at radius 2 is 1.76 bits per heavy atom. The number of ether oxygens (including phenoxy) is 1. The van der Waals surface area contributed by atoms with Crippen LogP contribution in [0.3, 0.4) is 0 Å². The molecular weight excluding hydrogens is 550 g/mol. The highest BCUT2D eigenvalue weighted by Crippen LogP contribution is 2.31. The lowest BCUT2D eigenvalue weighted by Crippen LogP contribution is -2.35. The van der Waals surface area contributed by atoms with Crippen LogP contribution in [-0.2, 0) is 21.4 Å². The fourth-order valence-electron chi connectivity index (χ4n) is 5.94. The van der Waals surface area contributed by atoms with Gasteiger partial charge >= 0.3 is 0 Å². The molecule has 9 nitrogen and oxygen atoms in total. The minimum absolute atomic E-state index is 0.00591. The van der Waals surface area contributed by atoms with E-state index < -0.39 is 10.0 Å². The fraction of sp³-hybridized carbons (Fsp3) is 0.375. The van der Waals surface area contributed by atoms with Crippen LogP contribution in [0.25, 0.3) is 10.9 Å². The molecule has 0 unspecified atom stereocenters.